The quantitative estimate of drug-likeness (QED) is 0.494. The van der Waals surface area contributed by atoms with E-state index in [1.807, 2.05) is 12.1 Å². The Morgan fingerprint density at radius 1 is 1.03 bits per heavy atom. The van der Waals surface area contributed by atoms with Crippen LogP contribution in [0.3, 0.4) is 0 Å². The SMILES string of the molecule is NCc1cc(F)cc(-c2cc(C(=O)Nc3ccccc3CC(=O)O)cc(N3CCOCC3)c2)c1. The number of aliphatic carboxylic acids is 1. The van der Waals surface area contributed by atoms with E-state index in [1.54, 1.807) is 36.4 Å². The number of carboxylic acid groups (broad SMARTS) is 1. The number of benzene rings is 3. The molecule has 0 radical (unpaired) electrons. The van der Waals surface area contributed by atoms with Crippen LogP contribution in [-0.2, 0) is 22.5 Å². The minimum atomic E-state index is -0.986. The molecule has 1 fully saturated rings. The lowest BCUT2D eigenvalue weighted by Crippen LogP contribution is -2.36. The molecule has 1 aliphatic rings. The first kappa shape index (κ1) is 23.4. The Balaban J connectivity index is 1.73. The number of amides is 1. The minimum Gasteiger partial charge on any atom is -0.481 e. The van der Waals surface area contributed by atoms with Crippen LogP contribution in [0.2, 0.25) is 0 Å². The molecule has 176 valence electrons. The Kier molecular flexibility index (Phi) is 7.20. The molecule has 0 unspecified atom stereocenters. The number of morpholine rings is 1. The van der Waals surface area contributed by atoms with E-state index >= 15 is 0 Å². The van der Waals surface area contributed by atoms with Crippen LogP contribution in [0.1, 0.15) is 21.5 Å². The zero-order valence-electron chi connectivity index (χ0n) is 18.6. The summed E-state index contributed by atoms with van der Waals surface area (Å²) in [4.78, 5) is 26.6. The fraction of sp³-hybridized carbons (Fsp3) is 0.231. The number of anilines is 2. The number of ether oxygens (including phenoxy) is 1. The van der Waals surface area contributed by atoms with Crippen molar-refractivity contribution in [3.8, 4) is 11.1 Å². The summed E-state index contributed by atoms with van der Waals surface area (Å²) in [6.45, 7) is 2.69. The van der Waals surface area contributed by atoms with Gasteiger partial charge in [-0.05, 0) is 64.7 Å². The van der Waals surface area contributed by atoms with Gasteiger partial charge >= 0.3 is 5.97 Å². The summed E-state index contributed by atoms with van der Waals surface area (Å²) < 4.78 is 19.7. The monoisotopic (exact) mass is 463 g/mol. The third-order valence-corrected chi connectivity index (χ3v) is 5.69. The van der Waals surface area contributed by atoms with Crippen molar-refractivity contribution in [3.05, 3.63) is 83.2 Å². The summed E-state index contributed by atoms with van der Waals surface area (Å²) in [7, 11) is 0. The molecule has 0 aliphatic carbocycles. The average Bonchev–Trinajstić information content (AvgIpc) is 2.84. The smallest absolute Gasteiger partial charge is 0.307 e. The molecule has 3 aromatic rings. The van der Waals surface area contributed by atoms with Crippen molar-refractivity contribution >= 4 is 23.3 Å². The van der Waals surface area contributed by atoms with Gasteiger partial charge in [-0.25, -0.2) is 4.39 Å². The first-order chi connectivity index (χ1) is 16.4. The van der Waals surface area contributed by atoms with Crippen molar-refractivity contribution in [3.63, 3.8) is 0 Å². The summed E-state index contributed by atoms with van der Waals surface area (Å²) in [5, 5.41) is 12.0. The molecular formula is C26H26FN3O4. The third kappa shape index (κ3) is 5.59. The van der Waals surface area contributed by atoms with Gasteiger partial charge in [0, 0.05) is 36.6 Å². The Bertz CT molecular complexity index is 1210. The molecule has 0 saturated carbocycles. The number of carboxylic acids is 1. The van der Waals surface area contributed by atoms with E-state index in [0.717, 1.165) is 5.69 Å². The van der Waals surface area contributed by atoms with Gasteiger partial charge in [0.25, 0.3) is 5.91 Å². The summed E-state index contributed by atoms with van der Waals surface area (Å²) in [6.07, 6.45) is -0.208. The maximum Gasteiger partial charge on any atom is 0.307 e. The van der Waals surface area contributed by atoms with E-state index in [-0.39, 0.29) is 18.9 Å². The molecule has 34 heavy (non-hydrogen) atoms. The number of halogens is 1. The summed E-state index contributed by atoms with van der Waals surface area (Å²) in [5.74, 6) is -1.77. The van der Waals surface area contributed by atoms with E-state index in [0.29, 0.717) is 59.8 Å². The number of carbonyl (C=O) groups is 2. The first-order valence-corrected chi connectivity index (χ1v) is 11.0. The predicted octanol–water partition coefficient (Wildman–Crippen LogP) is 3.67. The van der Waals surface area contributed by atoms with Crippen LogP contribution in [-0.4, -0.2) is 43.3 Å². The molecule has 4 rings (SSSR count). The summed E-state index contributed by atoms with van der Waals surface area (Å²) >= 11 is 0. The number of nitrogens with two attached hydrogens (primary N) is 1. The van der Waals surface area contributed by atoms with Gasteiger partial charge in [-0.3, -0.25) is 9.59 Å². The number of rotatable bonds is 7. The van der Waals surface area contributed by atoms with Gasteiger partial charge in [0.2, 0.25) is 0 Å². The van der Waals surface area contributed by atoms with Crippen LogP contribution in [0.25, 0.3) is 11.1 Å². The highest BCUT2D eigenvalue weighted by atomic mass is 19.1. The Hall–Kier alpha value is -3.75. The zero-order valence-corrected chi connectivity index (χ0v) is 18.6. The summed E-state index contributed by atoms with van der Waals surface area (Å²) in [5.41, 5.74) is 9.83. The normalized spacial score (nSPS) is 13.5. The second-order valence-electron chi connectivity index (χ2n) is 8.10. The first-order valence-electron chi connectivity index (χ1n) is 11.0. The fourth-order valence-corrected chi connectivity index (χ4v) is 4.00. The third-order valence-electron chi connectivity index (χ3n) is 5.69. The second kappa shape index (κ2) is 10.5. The van der Waals surface area contributed by atoms with Gasteiger partial charge < -0.3 is 25.8 Å². The number of hydrogen-bond acceptors (Lipinski definition) is 5. The molecular weight excluding hydrogens is 437 g/mol. The van der Waals surface area contributed by atoms with Crippen molar-refractivity contribution in [1.82, 2.24) is 0 Å². The minimum absolute atomic E-state index is 0.196. The van der Waals surface area contributed by atoms with Gasteiger partial charge in [-0.2, -0.15) is 0 Å². The van der Waals surface area contributed by atoms with Crippen LogP contribution in [0, 0.1) is 5.82 Å². The van der Waals surface area contributed by atoms with E-state index in [1.165, 1.54) is 12.1 Å². The predicted molar refractivity (Wildman–Crippen MR) is 128 cm³/mol. The number of nitrogens with zero attached hydrogens (tertiary/aromatic N) is 1. The van der Waals surface area contributed by atoms with E-state index in [2.05, 4.69) is 10.2 Å². The van der Waals surface area contributed by atoms with Crippen LogP contribution in [0.5, 0.6) is 0 Å². The number of hydrogen-bond donors (Lipinski definition) is 3. The number of nitrogens with one attached hydrogen (secondary N) is 1. The molecule has 8 heteroatoms. The van der Waals surface area contributed by atoms with Gasteiger partial charge in [0.05, 0.1) is 19.6 Å². The van der Waals surface area contributed by atoms with Crippen molar-refractivity contribution in [1.29, 1.82) is 0 Å². The average molecular weight is 464 g/mol. The molecule has 0 aromatic heterocycles. The maximum atomic E-state index is 14.2. The fourth-order valence-electron chi connectivity index (χ4n) is 4.00. The Morgan fingerprint density at radius 3 is 2.50 bits per heavy atom. The summed E-state index contributed by atoms with van der Waals surface area (Å²) in [6, 6.07) is 16.8. The van der Waals surface area contributed by atoms with E-state index in [9.17, 15) is 19.1 Å². The van der Waals surface area contributed by atoms with E-state index in [4.69, 9.17) is 10.5 Å². The van der Waals surface area contributed by atoms with E-state index < -0.39 is 11.8 Å². The number of para-hydroxylation sites is 1. The lowest BCUT2D eigenvalue weighted by molar-refractivity contribution is -0.136. The van der Waals surface area contributed by atoms with Crippen LogP contribution < -0.4 is 16.0 Å². The molecule has 0 atom stereocenters. The highest BCUT2D eigenvalue weighted by molar-refractivity contribution is 6.06. The van der Waals surface area contributed by atoms with Gasteiger partial charge in [0.1, 0.15) is 5.82 Å². The molecule has 7 nitrogen and oxygen atoms in total. The van der Waals surface area contributed by atoms with Crippen molar-refractivity contribution in [2.45, 2.75) is 13.0 Å². The molecule has 0 bridgehead atoms. The van der Waals surface area contributed by atoms with Crippen molar-refractivity contribution in [2.24, 2.45) is 5.73 Å². The Morgan fingerprint density at radius 2 is 1.76 bits per heavy atom. The van der Waals surface area contributed by atoms with Crippen molar-refractivity contribution in [2.75, 3.05) is 36.5 Å². The van der Waals surface area contributed by atoms with Gasteiger partial charge in [-0.1, -0.05) is 18.2 Å². The molecule has 1 heterocycles. The van der Waals surface area contributed by atoms with Crippen molar-refractivity contribution < 1.29 is 23.8 Å². The van der Waals surface area contributed by atoms with Crippen LogP contribution >= 0.6 is 0 Å². The van der Waals surface area contributed by atoms with Crippen LogP contribution in [0.15, 0.2) is 60.7 Å². The van der Waals surface area contributed by atoms with Gasteiger partial charge in [0.15, 0.2) is 0 Å². The molecule has 1 aliphatic heterocycles. The molecule has 1 saturated heterocycles. The highest BCUT2D eigenvalue weighted by Gasteiger charge is 2.18. The standard InChI is InChI=1S/C26H26FN3O4/c27-22-10-17(16-28)9-19(12-22)20-11-21(14-23(13-20)30-5-7-34-8-6-30)26(33)29-24-4-2-1-3-18(24)15-25(31)32/h1-4,9-14H,5-8,15-16,28H2,(H,29,33)(H,31,32). The van der Waals surface area contributed by atoms with Gasteiger partial charge in [-0.15, -0.1) is 0 Å². The highest BCUT2D eigenvalue weighted by Crippen LogP contribution is 2.30. The molecule has 0 spiro atoms. The lowest BCUT2D eigenvalue weighted by atomic mass is 9.98. The van der Waals surface area contributed by atoms with Crippen LogP contribution in [0.4, 0.5) is 15.8 Å². The molecule has 3 aromatic carbocycles. The number of carbonyl (C=O) groups excluding carboxylic acids is 1. The molecule has 1 amide bonds. The lowest BCUT2D eigenvalue weighted by Gasteiger charge is -2.29. The zero-order chi connectivity index (χ0) is 24.1. The largest absolute Gasteiger partial charge is 0.481 e. The topological polar surface area (TPSA) is 105 Å². The second-order valence-corrected chi connectivity index (χ2v) is 8.10. The Labute approximate surface area is 197 Å². The molecule has 4 N–H and O–H groups in total. The maximum absolute atomic E-state index is 14.2.